The van der Waals surface area contributed by atoms with Gasteiger partial charge >= 0.3 is 0 Å². The van der Waals surface area contributed by atoms with E-state index in [0.717, 1.165) is 15.6 Å². The number of carbonyl (C=O) groups excluding carboxylic acids is 1. The van der Waals surface area contributed by atoms with Crippen LogP contribution in [0.3, 0.4) is 0 Å². The van der Waals surface area contributed by atoms with Gasteiger partial charge in [0.05, 0.1) is 6.21 Å². The lowest BCUT2D eigenvalue weighted by atomic mass is 10.1. The SMILES string of the molecule is O=C(NN=Cc1ccccc1OCc1ccccc1)C(O)c1ccc(Br)cc1. The zero-order valence-electron chi connectivity index (χ0n) is 15.0. The fourth-order valence-corrected chi connectivity index (χ4v) is 2.74. The third-order valence-corrected chi connectivity index (χ3v) is 4.50. The Morgan fingerprint density at radius 1 is 1.04 bits per heavy atom. The molecule has 1 unspecified atom stereocenters. The number of hydrogen-bond donors (Lipinski definition) is 2. The van der Waals surface area contributed by atoms with Crippen molar-refractivity contribution in [1.82, 2.24) is 5.43 Å². The summed E-state index contributed by atoms with van der Waals surface area (Å²) in [4.78, 5) is 12.1. The average Bonchev–Trinajstić information content (AvgIpc) is 2.73. The minimum atomic E-state index is -1.30. The van der Waals surface area contributed by atoms with Gasteiger partial charge in [0.25, 0.3) is 5.91 Å². The highest BCUT2D eigenvalue weighted by Crippen LogP contribution is 2.18. The van der Waals surface area contributed by atoms with E-state index in [1.54, 1.807) is 24.3 Å². The number of nitrogens with one attached hydrogen (secondary N) is 1. The summed E-state index contributed by atoms with van der Waals surface area (Å²) in [6.07, 6.45) is 0.196. The first-order valence-corrected chi connectivity index (χ1v) is 9.45. The second kappa shape index (κ2) is 9.82. The van der Waals surface area contributed by atoms with Gasteiger partial charge in [-0.15, -0.1) is 0 Å². The van der Waals surface area contributed by atoms with Crippen LogP contribution in [0, 0.1) is 0 Å². The van der Waals surface area contributed by atoms with Crippen molar-refractivity contribution >= 4 is 28.1 Å². The van der Waals surface area contributed by atoms with Crippen molar-refractivity contribution in [2.24, 2.45) is 5.10 Å². The summed E-state index contributed by atoms with van der Waals surface area (Å²) in [6.45, 7) is 0.431. The fraction of sp³-hybridized carbons (Fsp3) is 0.0909. The second-order valence-electron chi connectivity index (χ2n) is 6.00. The Hall–Kier alpha value is -2.96. The lowest BCUT2D eigenvalue weighted by Crippen LogP contribution is -2.25. The summed E-state index contributed by atoms with van der Waals surface area (Å²) in [5, 5.41) is 14.1. The fourth-order valence-electron chi connectivity index (χ4n) is 2.48. The second-order valence-corrected chi connectivity index (χ2v) is 6.92. The molecule has 1 atom stereocenters. The molecule has 0 aliphatic rings. The predicted molar refractivity (Wildman–Crippen MR) is 112 cm³/mol. The number of ether oxygens (including phenoxy) is 1. The van der Waals surface area contributed by atoms with Crippen molar-refractivity contribution in [3.8, 4) is 5.75 Å². The molecule has 1 amide bonds. The first-order chi connectivity index (χ1) is 13.6. The molecule has 0 spiro atoms. The quantitative estimate of drug-likeness (QED) is 0.428. The van der Waals surface area contributed by atoms with Gasteiger partial charge in [0, 0.05) is 10.0 Å². The minimum Gasteiger partial charge on any atom is -0.488 e. The van der Waals surface area contributed by atoms with Crippen LogP contribution in [0.2, 0.25) is 0 Å². The Morgan fingerprint density at radius 2 is 1.71 bits per heavy atom. The average molecular weight is 439 g/mol. The molecule has 3 aromatic rings. The predicted octanol–water partition coefficient (Wildman–Crippen LogP) is 4.21. The standard InChI is InChI=1S/C22H19BrN2O3/c23-19-12-10-17(11-13-19)21(26)22(27)25-24-14-18-8-4-5-9-20(18)28-15-16-6-2-1-3-7-16/h1-14,21,26H,15H2,(H,25,27). The van der Waals surface area contributed by atoms with E-state index >= 15 is 0 Å². The van der Waals surface area contributed by atoms with E-state index in [-0.39, 0.29) is 0 Å². The molecule has 142 valence electrons. The van der Waals surface area contributed by atoms with Crippen molar-refractivity contribution in [2.45, 2.75) is 12.7 Å². The molecule has 3 aromatic carbocycles. The van der Waals surface area contributed by atoms with E-state index < -0.39 is 12.0 Å². The van der Waals surface area contributed by atoms with Crippen LogP contribution in [0.15, 0.2) is 88.4 Å². The summed E-state index contributed by atoms with van der Waals surface area (Å²) in [5.74, 6) is 0.0408. The lowest BCUT2D eigenvalue weighted by Gasteiger charge is -2.10. The van der Waals surface area contributed by atoms with Crippen LogP contribution in [-0.4, -0.2) is 17.2 Å². The van der Waals surface area contributed by atoms with Crippen LogP contribution in [0.5, 0.6) is 5.75 Å². The van der Waals surface area contributed by atoms with Gasteiger partial charge in [0.2, 0.25) is 0 Å². The molecule has 28 heavy (non-hydrogen) atoms. The van der Waals surface area contributed by atoms with Crippen LogP contribution in [-0.2, 0) is 11.4 Å². The molecular formula is C22H19BrN2O3. The molecule has 0 saturated heterocycles. The molecule has 0 saturated carbocycles. The van der Waals surface area contributed by atoms with Gasteiger partial charge in [0.1, 0.15) is 12.4 Å². The number of nitrogens with zero attached hydrogens (tertiary/aromatic N) is 1. The summed E-state index contributed by atoms with van der Waals surface area (Å²) in [5.41, 5.74) is 4.62. The van der Waals surface area contributed by atoms with Gasteiger partial charge in [-0.1, -0.05) is 70.5 Å². The van der Waals surface area contributed by atoms with Crippen molar-refractivity contribution in [1.29, 1.82) is 0 Å². The van der Waals surface area contributed by atoms with Crippen molar-refractivity contribution in [3.05, 3.63) is 100 Å². The molecule has 0 fully saturated rings. The Bertz CT molecular complexity index is 944. The van der Waals surface area contributed by atoms with E-state index in [2.05, 4.69) is 26.5 Å². The minimum absolute atomic E-state index is 0.431. The van der Waals surface area contributed by atoms with Crippen LogP contribution >= 0.6 is 15.9 Å². The molecule has 0 heterocycles. The van der Waals surface area contributed by atoms with Gasteiger partial charge in [-0.3, -0.25) is 4.79 Å². The number of hydrazone groups is 1. The maximum atomic E-state index is 12.1. The topological polar surface area (TPSA) is 70.9 Å². The first kappa shape index (κ1) is 19.8. The van der Waals surface area contributed by atoms with E-state index in [1.165, 1.54) is 6.21 Å². The molecule has 0 aliphatic carbocycles. The van der Waals surface area contributed by atoms with E-state index in [0.29, 0.717) is 17.9 Å². The molecule has 3 rings (SSSR count). The van der Waals surface area contributed by atoms with Crippen LogP contribution in [0.25, 0.3) is 0 Å². The highest BCUT2D eigenvalue weighted by molar-refractivity contribution is 9.10. The zero-order valence-corrected chi connectivity index (χ0v) is 16.5. The Morgan fingerprint density at radius 3 is 2.46 bits per heavy atom. The van der Waals surface area contributed by atoms with E-state index in [9.17, 15) is 9.90 Å². The number of aliphatic hydroxyl groups is 1. The number of aliphatic hydroxyl groups excluding tert-OH is 1. The van der Waals surface area contributed by atoms with Crippen molar-refractivity contribution < 1.29 is 14.6 Å². The largest absolute Gasteiger partial charge is 0.488 e. The Kier molecular flexibility index (Phi) is 6.94. The number of amides is 1. The van der Waals surface area contributed by atoms with Gasteiger partial charge in [0.15, 0.2) is 6.10 Å². The van der Waals surface area contributed by atoms with E-state index in [4.69, 9.17) is 4.74 Å². The number of hydrogen-bond acceptors (Lipinski definition) is 4. The number of carbonyl (C=O) groups is 1. The van der Waals surface area contributed by atoms with E-state index in [1.807, 2.05) is 54.6 Å². The van der Waals surface area contributed by atoms with Crippen LogP contribution in [0.1, 0.15) is 22.8 Å². The summed E-state index contributed by atoms with van der Waals surface area (Å²) in [7, 11) is 0. The van der Waals surface area contributed by atoms with Gasteiger partial charge in [-0.05, 0) is 35.4 Å². The number of halogens is 1. The Balaban J connectivity index is 1.60. The maximum Gasteiger partial charge on any atom is 0.273 e. The monoisotopic (exact) mass is 438 g/mol. The van der Waals surface area contributed by atoms with Gasteiger partial charge in [-0.2, -0.15) is 5.10 Å². The number of benzene rings is 3. The normalized spacial score (nSPS) is 11.9. The highest BCUT2D eigenvalue weighted by atomic mass is 79.9. The molecule has 6 heteroatoms. The van der Waals surface area contributed by atoms with Gasteiger partial charge in [-0.25, -0.2) is 5.43 Å². The first-order valence-electron chi connectivity index (χ1n) is 8.65. The van der Waals surface area contributed by atoms with Crippen molar-refractivity contribution in [2.75, 3.05) is 0 Å². The van der Waals surface area contributed by atoms with Crippen LogP contribution in [0.4, 0.5) is 0 Å². The summed E-state index contributed by atoms with van der Waals surface area (Å²) in [6, 6.07) is 24.1. The third kappa shape index (κ3) is 5.52. The molecule has 0 aliphatic heterocycles. The number of para-hydroxylation sites is 1. The smallest absolute Gasteiger partial charge is 0.273 e. The van der Waals surface area contributed by atoms with Crippen molar-refractivity contribution in [3.63, 3.8) is 0 Å². The molecule has 0 aromatic heterocycles. The van der Waals surface area contributed by atoms with Gasteiger partial charge < -0.3 is 9.84 Å². The van der Waals surface area contributed by atoms with Crippen LogP contribution < -0.4 is 10.2 Å². The molecule has 2 N–H and O–H groups in total. The molecule has 5 nitrogen and oxygen atoms in total. The molecule has 0 bridgehead atoms. The zero-order chi connectivity index (χ0) is 19.8. The third-order valence-electron chi connectivity index (χ3n) is 3.97. The summed E-state index contributed by atoms with van der Waals surface area (Å²) < 4.78 is 6.72. The lowest BCUT2D eigenvalue weighted by molar-refractivity contribution is -0.129. The highest BCUT2D eigenvalue weighted by Gasteiger charge is 2.16. The molecular weight excluding hydrogens is 420 g/mol. The number of rotatable bonds is 7. The summed E-state index contributed by atoms with van der Waals surface area (Å²) >= 11 is 3.32. The Labute approximate surface area is 171 Å². The molecule has 0 radical (unpaired) electrons. The maximum absolute atomic E-state index is 12.1.